The number of amides is 1. The van der Waals surface area contributed by atoms with Gasteiger partial charge in [0.1, 0.15) is 0 Å². The molecule has 1 amide bonds. The van der Waals surface area contributed by atoms with E-state index < -0.39 is 11.7 Å². The van der Waals surface area contributed by atoms with Gasteiger partial charge in [-0.1, -0.05) is 24.0 Å². The van der Waals surface area contributed by atoms with E-state index in [9.17, 15) is 22.8 Å². The summed E-state index contributed by atoms with van der Waals surface area (Å²) in [7, 11) is 0. The van der Waals surface area contributed by atoms with Crippen LogP contribution in [0.4, 0.5) is 18.9 Å². The smallest absolute Gasteiger partial charge is 0.283 e. The molecule has 2 aromatic rings. The number of rotatable bonds is 1. The fraction of sp³-hybridized carbons (Fsp3) is 0.0500. The van der Waals surface area contributed by atoms with Gasteiger partial charge in [0.25, 0.3) is 0 Å². The van der Waals surface area contributed by atoms with Gasteiger partial charge in [0.15, 0.2) is 0 Å². The molecule has 0 radical (unpaired) electrons. The van der Waals surface area contributed by atoms with E-state index in [1.165, 1.54) is 35.1 Å². The van der Waals surface area contributed by atoms with Gasteiger partial charge in [-0.05, 0) is 24.3 Å². The van der Waals surface area contributed by atoms with E-state index >= 15 is 0 Å². The Bertz CT molecular complexity index is 1020. The van der Waals surface area contributed by atoms with Gasteiger partial charge in [0.05, 0.1) is 11.6 Å². The first-order valence-electron chi connectivity index (χ1n) is 7.52. The summed E-state index contributed by atoms with van der Waals surface area (Å²) < 4.78 is 39.4. The Balaban J connectivity index is 1.91. The maximum Gasteiger partial charge on any atom is 0.418 e. The van der Waals surface area contributed by atoms with Crippen LogP contribution in [-0.4, -0.2) is 22.5 Å². The predicted octanol–water partition coefficient (Wildman–Crippen LogP) is 3.49. The summed E-state index contributed by atoms with van der Waals surface area (Å²) >= 11 is 0. The molecule has 0 unspecified atom stereocenters. The molecule has 0 bridgehead atoms. The van der Waals surface area contributed by atoms with Crippen LogP contribution in [0.5, 0.6) is 0 Å². The molecular formula is C20H11F3NO2+. The number of allylic oxidation sites excluding steroid dienone is 1. The van der Waals surface area contributed by atoms with Crippen LogP contribution in [0.25, 0.3) is 0 Å². The van der Waals surface area contributed by atoms with Crippen LogP contribution in [0.15, 0.2) is 60.7 Å². The molecule has 26 heavy (non-hydrogen) atoms. The molecule has 128 valence electrons. The molecule has 3 rings (SSSR count). The van der Waals surface area contributed by atoms with Crippen LogP contribution in [0.3, 0.4) is 0 Å². The van der Waals surface area contributed by atoms with Crippen LogP contribution >= 0.6 is 0 Å². The van der Waals surface area contributed by atoms with E-state index in [1.807, 2.05) is 0 Å². The molecule has 0 saturated heterocycles. The Kier molecular flexibility index (Phi) is 4.55. The number of carbonyl (C=O) groups is 2. The molecule has 0 aromatic heterocycles. The summed E-state index contributed by atoms with van der Waals surface area (Å²) in [6.07, 6.45) is -0.913. The third kappa shape index (κ3) is 3.95. The molecule has 2 aromatic carbocycles. The average Bonchev–Trinajstić information content (AvgIpc) is 2.62. The standard InChI is InChI=1S/C20H11F3NO2/c21-20(22,23)16-5-1-3-14(11-16)7-8-15-4-2-6-17(12-15)24-13-18(25)9-10-19(24)26/h1-6,9-13H/q+1. The number of benzene rings is 2. The molecule has 0 spiro atoms. The molecule has 6 heteroatoms. The highest BCUT2D eigenvalue weighted by Crippen LogP contribution is 2.29. The van der Waals surface area contributed by atoms with Crippen LogP contribution in [0.2, 0.25) is 0 Å². The molecule has 0 saturated carbocycles. The van der Waals surface area contributed by atoms with E-state index in [1.54, 1.807) is 24.3 Å². The first-order chi connectivity index (χ1) is 12.3. The zero-order valence-corrected chi connectivity index (χ0v) is 13.2. The van der Waals surface area contributed by atoms with Crippen LogP contribution < -0.4 is 0 Å². The minimum Gasteiger partial charge on any atom is -0.283 e. The minimum atomic E-state index is -4.43. The lowest BCUT2D eigenvalue weighted by molar-refractivity contribution is -0.356. The lowest BCUT2D eigenvalue weighted by Crippen LogP contribution is -2.22. The molecule has 0 aliphatic carbocycles. The van der Waals surface area contributed by atoms with Crippen molar-refractivity contribution in [3.05, 3.63) is 77.4 Å². The summed E-state index contributed by atoms with van der Waals surface area (Å²) in [6, 6.07) is 11.3. The Morgan fingerprint density at radius 3 is 2.19 bits per heavy atom. The highest BCUT2D eigenvalue weighted by atomic mass is 19.4. The van der Waals surface area contributed by atoms with E-state index in [0.717, 1.165) is 12.1 Å². The second-order valence-electron chi connectivity index (χ2n) is 5.45. The van der Waals surface area contributed by atoms with Crippen molar-refractivity contribution in [3.63, 3.8) is 0 Å². The Hall–Kier alpha value is -3.46. The zero-order chi connectivity index (χ0) is 18.7. The Labute approximate surface area is 147 Å². The number of halogens is 3. The second kappa shape index (κ2) is 6.81. The van der Waals surface area contributed by atoms with Crippen LogP contribution in [0.1, 0.15) is 16.7 Å². The van der Waals surface area contributed by atoms with Gasteiger partial charge in [0.2, 0.25) is 17.7 Å². The number of alkyl halides is 3. The van der Waals surface area contributed by atoms with Crippen molar-refractivity contribution in [3.8, 4) is 11.8 Å². The molecule has 1 aliphatic heterocycles. The van der Waals surface area contributed by atoms with Crippen molar-refractivity contribution < 1.29 is 27.3 Å². The second-order valence-corrected chi connectivity index (χ2v) is 5.45. The summed E-state index contributed by atoms with van der Waals surface area (Å²) in [5, 5.41) is 0. The van der Waals surface area contributed by atoms with E-state index in [4.69, 9.17) is 0 Å². The van der Waals surface area contributed by atoms with E-state index in [0.29, 0.717) is 11.3 Å². The molecule has 3 nitrogen and oxygen atoms in total. The number of nitrogens with zero attached hydrogens (tertiary/aromatic N) is 1. The van der Waals surface area contributed by atoms with Gasteiger partial charge in [-0.3, -0.25) is 4.79 Å². The minimum absolute atomic E-state index is 0.226. The number of hydrogen-bond acceptors (Lipinski definition) is 2. The summed E-state index contributed by atoms with van der Waals surface area (Å²) in [5.41, 5.74) is 0.410. The van der Waals surface area contributed by atoms with Gasteiger partial charge >= 0.3 is 12.1 Å². The van der Waals surface area contributed by atoms with Crippen molar-refractivity contribution in [2.75, 3.05) is 0 Å². The van der Waals surface area contributed by atoms with Gasteiger partial charge in [0, 0.05) is 29.3 Å². The number of ketones is 1. The van der Waals surface area contributed by atoms with Crippen molar-refractivity contribution in [2.24, 2.45) is 0 Å². The average molecular weight is 354 g/mol. The van der Waals surface area contributed by atoms with Crippen LogP contribution in [-0.2, 0) is 15.8 Å². The lowest BCUT2D eigenvalue weighted by atomic mass is 10.1. The molecule has 1 aliphatic rings. The topological polar surface area (TPSA) is 37.1 Å². The lowest BCUT2D eigenvalue weighted by Gasteiger charge is -2.05. The van der Waals surface area contributed by atoms with Gasteiger partial charge in [-0.2, -0.15) is 13.2 Å². The largest absolute Gasteiger partial charge is 0.418 e. The third-order valence-corrected chi connectivity index (χ3v) is 3.55. The van der Waals surface area contributed by atoms with Crippen molar-refractivity contribution in [2.45, 2.75) is 6.18 Å². The monoisotopic (exact) mass is 354 g/mol. The SMILES string of the molecule is O=C1C=CC(=O)[N+](c2cccc(C#Cc3cccc(C(F)(F)F)c3)c2)=C1. The van der Waals surface area contributed by atoms with Crippen molar-refractivity contribution >= 4 is 23.6 Å². The quantitative estimate of drug-likeness (QED) is 0.581. The van der Waals surface area contributed by atoms with Gasteiger partial charge in [-0.25, -0.2) is 4.79 Å². The summed E-state index contributed by atoms with van der Waals surface area (Å²) in [6.45, 7) is 0. The van der Waals surface area contributed by atoms with E-state index in [2.05, 4.69) is 11.8 Å². The number of carbonyl (C=O) groups excluding carboxylic acids is 2. The van der Waals surface area contributed by atoms with Gasteiger partial charge < -0.3 is 0 Å². The van der Waals surface area contributed by atoms with Crippen molar-refractivity contribution in [1.82, 2.24) is 0 Å². The Morgan fingerprint density at radius 1 is 0.846 bits per heavy atom. The highest BCUT2D eigenvalue weighted by molar-refractivity contribution is 6.34. The normalized spacial score (nSPS) is 13.9. The molecule has 0 atom stereocenters. The third-order valence-electron chi connectivity index (χ3n) is 3.55. The molecule has 0 fully saturated rings. The fourth-order valence-corrected chi connectivity index (χ4v) is 2.32. The first kappa shape index (κ1) is 17.4. The van der Waals surface area contributed by atoms with E-state index in [-0.39, 0.29) is 17.3 Å². The molecule has 1 heterocycles. The van der Waals surface area contributed by atoms with Crippen LogP contribution in [0, 0.1) is 11.8 Å². The maximum atomic E-state index is 12.7. The Morgan fingerprint density at radius 2 is 1.50 bits per heavy atom. The fourth-order valence-electron chi connectivity index (χ4n) is 2.32. The predicted molar refractivity (Wildman–Crippen MR) is 89.0 cm³/mol. The molecule has 0 N–H and O–H groups in total. The maximum absolute atomic E-state index is 12.7. The van der Waals surface area contributed by atoms with Gasteiger partial charge in [-0.15, -0.1) is 4.58 Å². The summed E-state index contributed by atoms with van der Waals surface area (Å²) in [4.78, 5) is 23.3. The summed E-state index contributed by atoms with van der Waals surface area (Å²) in [5.74, 6) is 4.77. The molecular weight excluding hydrogens is 343 g/mol. The first-order valence-corrected chi connectivity index (χ1v) is 7.52. The van der Waals surface area contributed by atoms with Crippen molar-refractivity contribution in [1.29, 1.82) is 0 Å². The number of hydrogen-bond donors (Lipinski definition) is 0. The zero-order valence-electron chi connectivity index (χ0n) is 13.2. The highest BCUT2D eigenvalue weighted by Gasteiger charge is 2.30.